The maximum atomic E-state index is 13.1. The van der Waals surface area contributed by atoms with Gasteiger partial charge in [0.05, 0.1) is 17.4 Å². The topological polar surface area (TPSA) is 81.9 Å². The number of unbranched alkanes of at least 4 members (excludes halogenated alkanes) is 1. The third-order valence-corrected chi connectivity index (χ3v) is 11.1. The summed E-state index contributed by atoms with van der Waals surface area (Å²) in [5.41, 5.74) is 8.99. The quantitative estimate of drug-likeness (QED) is 0.0877. The van der Waals surface area contributed by atoms with Crippen LogP contribution in [0.5, 0.6) is 5.75 Å². The first-order valence-electron chi connectivity index (χ1n) is 17.7. The smallest absolute Gasteiger partial charge is 0.233 e. The Kier molecular flexibility index (Phi) is 11.4. The second-order valence-corrected chi connectivity index (χ2v) is 16.0. The normalized spacial score (nSPS) is 12.8. The lowest BCUT2D eigenvalue weighted by Gasteiger charge is -2.30. The third-order valence-electron chi connectivity index (χ3n) is 10.1. The van der Waals surface area contributed by atoms with E-state index in [1.54, 1.807) is 0 Å². The molecule has 5 rings (SSSR count). The van der Waals surface area contributed by atoms with Crippen LogP contribution in [0.25, 0.3) is 22.1 Å². The zero-order valence-corrected chi connectivity index (χ0v) is 31.6. The van der Waals surface area contributed by atoms with Crippen LogP contribution in [0.2, 0.25) is 0 Å². The zero-order chi connectivity index (χ0) is 35.3. The van der Waals surface area contributed by atoms with E-state index in [1.807, 2.05) is 6.92 Å². The number of carbonyl (C=O) groups is 1. The molecular formula is C41H53N5O2S. The summed E-state index contributed by atoms with van der Waals surface area (Å²) in [6.07, 6.45) is 3.80. The molecule has 1 atom stereocenters. The van der Waals surface area contributed by atoms with Crippen LogP contribution in [0.15, 0.2) is 65.8 Å². The number of aromatic nitrogens is 4. The molecule has 0 fully saturated rings. The molecule has 0 saturated heterocycles. The van der Waals surface area contributed by atoms with Gasteiger partial charge in [-0.3, -0.25) is 4.79 Å². The van der Waals surface area contributed by atoms with Crippen molar-refractivity contribution in [3.05, 3.63) is 88.5 Å². The van der Waals surface area contributed by atoms with Crippen molar-refractivity contribution >= 4 is 39.7 Å². The highest BCUT2D eigenvalue weighted by atomic mass is 32.2. The van der Waals surface area contributed by atoms with Gasteiger partial charge in [0.25, 0.3) is 0 Å². The maximum Gasteiger partial charge on any atom is 0.233 e. The maximum absolute atomic E-state index is 13.1. The van der Waals surface area contributed by atoms with Crippen molar-refractivity contribution in [3.8, 4) is 5.75 Å². The number of hydrogen-bond donors (Lipinski definition) is 1. The molecule has 49 heavy (non-hydrogen) atoms. The predicted molar refractivity (Wildman–Crippen MR) is 204 cm³/mol. The molecule has 0 spiro atoms. The summed E-state index contributed by atoms with van der Waals surface area (Å²) in [6, 6.07) is 21.7. The monoisotopic (exact) mass is 679 g/mol. The van der Waals surface area contributed by atoms with Gasteiger partial charge in [0.1, 0.15) is 11.3 Å². The average molecular weight is 680 g/mol. The van der Waals surface area contributed by atoms with Gasteiger partial charge < -0.3 is 14.6 Å². The number of thioether (sulfide) groups is 1. The molecule has 1 amide bonds. The molecule has 0 aliphatic rings. The predicted octanol–water partition coefficient (Wildman–Crippen LogP) is 9.48. The van der Waals surface area contributed by atoms with Crippen LogP contribution >= 0.6 is 11.8 Å². The van der Waals surface area contributed by atoms with Crippen molar-refractivity contribution in [2.75, 3.05) is 13.2 Å². The van der Waals surface area contributed by atoms with Gasteiger partial charge in [-0.15, -0.1) is 10.2 Å². The van der Waals surface area contributed by atoms with E-state index in [0.29, 0.717) is 24.9 Å². The Hall–Kier alpha value is -3.91. The molecule has 5 aromatic rings. The number of carbonyl (C=O) groups excluding carboxylic acids is 1. The number of hydrogen-bond acceptors (Lipinski definition) is 6. The SMILES string of the molecule is CCC(C)(C)c1ccc(OCCCCNC(=O)C(C)Sc2nnc3c4cc(C)ccc4n(Cc4ccc(C)cc4)c3n2)c(C(C)(C)CC)c1. The fourth-order valence-electron chi connectivity index (χ4n) is 5.92. The lowest BCUT2D eigenvalue weighted by molar-refractivity contribution is -0.120. The summed E-state index contributed by atoms with van der Waals surface area (Å²) < 4.78 is 8.53. The largest absolute Gasteiger partial charge is 0.493 e. The Morgan fingerprint density at radius 2 is 1.61 bits per heavy atom. The van der Waals surface area contributed by atoms with Gasteiger partial charge >= 0.3 is 0 Å². The summed E-state index contributed by atoms with van der Waals surface area (Å²) in [4.78, 5) is 18.0. The molecule has 0 saturated carbocycles. The fraction of sp³-hybridized carbons (Fsp3) is 0.463. The van der Waals surface area contributed by atoms with Crippen molar-refractivity contribution in [2.45, 2.75) is 116 Å². The molecule has 1 N–H and O–H groups in total. The summed E-state index contributed by atoms with van der Waals surface area (Å²) in [7, 11) is 0. The van der Waals surface area contributed by atoms with E-state index in [1.165, 1.54) is 34.0 Å². The van der Waals surface area contributed by atoms with Gasteiger partial charge in [0.15, 0.2) is 5.65 Å². The van der Waals surface area contributed by atoms with Crippen molar-refractivity contribution < 1.29 is 9.53 Å². The van der Waals surface area contributed by atoms with E-state index in [2.05, 4.69) is 136 Å². The molecule has 2 aromatic heterocycles. The molecule has 260 valence electrons. The molecule has 0 aliphatic carbocycles. The Bertz CT molecular complexity index is 1910. The number of aryl methyl sites for hydroxylation is 2. The second-order valence-electron chi connectivity index (χ2n) is 14.7. The van der Waals surface area contributed by atoms with Gasteiger partial charge in [0.2, 0.25) is 11.1 Å². The highest BCUT2D eigenvalue weighted by Crippen LogP contribution is 2.38. The van der Waals surface area contributed by atoms with Crippen LogP contribution < -0.4 is 10.1 Å². The Balaban J connectivity index is 1.18. The van der Waals surface area contributed by atoms with E-state index >= 15 is 0 Å². The summed E-state index contributed by atoms with van der Waals surface area (Å²) in [5, 5.41) is 13.3. The summed E-state index contributed by atoms with van der Waals surface area (Å²) >= 11 is 1.34. The van der Waals surface area contributed by atoms with Gasteiger partial charge in [-0.2, -0.15) is 0 Å². The molecule has 7 nitrogen and oxygen atoms in total. The van der Waals surface area contributed by atoms with E-state index in [4.69, 9.17) is 9.72 Å². The molecule has 0 bridgehead atoms. The molecule has 2 heterocycles. The molecule has 8 heteroatoms. The first-order valence-corrected chi connectivity index (χ1v) is 18.6. The number of ether oxygens (including phenoxy) is 1. The standard InChI is InChI=1S/C41H53N5O2S/c1-10-40(6,7)31-19-21-35(33(25-31)41(8,9)11-2)48-23-13-12-22-42-38(47)29(5)49-39-43-37-36(44-45-39)32-24-28(4)16-20-34(32)46(37)26-30-17-14-27(3)15-18-30/h14-21,24-25,29H,10-13,22-23,26H2,1-9H3,(H,42,47). The van der Waals surface area contributed by atoms with Gasteiger partial charge in [-0.05, 0) is 86.6 Å². The minimum absolute atomic E-state index is 0.0252. The van der Waals surface area contributed by atoms with Crippen LogP contribution in [0.3, 0.4) is 0 Å². The minimum atomic E-state index is -0.364. The van der Waals surface area contributed by atoms with Crippen LogP contribution in [0, 0.1) is 13.8 Å². The zero-order valence-electron chi connectivity index (χ0n) is 30.8. The minimum Gasteiger partial charge on any atom is -0.493 e. The Morgan fingerprint density at radius 3 is 2.33 bits per heavy atom. The first kappa shape index (κ1) is 36.4. The lowest BCUT2D eigenvalue weighted by Crippen LogP contribution is -2.32. The Labute approximate surface area is 296 Å². The van der Waals surface area contributed by atoms with Gasteiger partial charge in [-0.1, -0.05) is 107 Å². The van der Waals surface area contributed by atoms with E-state index in [9.17, 15) is 4.79 Å². The number of nitrogens with one attached hydrogen (secondary N) is 1. The van der Waals surface area contributed by atoms with Crippen molar-refractivity contribution in [3.63, 3.8) is 0 Å². The number of benzene rings is 3. The highest BCUT2D eigenvalue weighted by molar-refractivity contribution is 8.00. The average Bonchev–Trinajstić information content (AvgIpc) is 3.38. The number of rotatable bonds is 15. The lowest BCUT2D eigenvalue weighted by atomic mass is 9.76. The molecule has 1 unspecified atom stereocenters. The molecule has 0 aliphatic heterocycles. The van der Waals surface area contributed by atoms with E-state index in [-0.39, 0.29) is 22.0 Å². The van der Waals surface area contributed by atoms with Crippen molar-refractivity contribution in [1.29, 1.82) is 0 Å². The number of fused-ring (bicyclic) bond motifs is 3. The number of nitrogens with zero attached hydrogens (tertiary/aromatic N) is 4. The van der Waals surface area contributed by atoms with Crippen molar-refractivity contribution in [2.24, 2.45) is 0 Å². The van der Waals surface area contributed by atoms with Crippen LogP contribution in [-0.2, 0) is 22.2 Å². The molecule has 0 radical (unpaired) electrons. The molecule has 3 aromatic carbocycles. The van der Waals surface area contributed by atoms with E-state index < -0.39 is 0 Å². The summed E-state index contributed by atoms with van der Waals surface area (Å²) in [5.74, 6) is 0.932. The molecular weight excluding hydrogens is 627 g/mol. The van der Waals surface area contributed by atoms with Crippen LogP contribution in [0.1, 0.15) is 102 Å². The van der Waals surface area contributed by atoms with Crippen LogP contribution in [0.4, 0.5) is 0 Å². The second kappa shape index (κ2) is 15.3. The van der Waals surface area contributed by atoms with Gasteiger partial charge in [-0.25, -0.2) is 4.98 Å². The highest BCUT2D eigenvalue weighted by Gasteiger charge is 2.27. The van der Waals surface area contributed by atoms with Gasteiger partial charge in [0, 0.05) is 24.0 Å². The van der Waals surface area contributed by atoms with Crippen molar-refractivity contribution in [1.82, 2.24) is 25.1 Å². The van der Waals surface area contributed by atoms with E-state index in [0.717, 1.165) is 59.1 Å². The van der Waals surface area contributed by atoms with Crippen LogP contribution in [-0.4, -0.2) is 44.1 Å². The fourth-order valence-corrected chi connectivity index (χ4v) is 6.65. The summed E-state index contributed by atoms with van der Waals surface area (Å²) in [6.45, 7) is 21.6. The Morgan fingerprint density at radius 1 is 0.898 bits per heavy atom. The number of amides is 1. The third kappa shape index (κ3) is 8.46. The first-order chi connectivity index (χ1) is 23.3.